The Balaban J connectivity index is 2.68. The average molecular weight is 200 g/mol. The Bertz CT molecular complexity index is 276. The highest BCUT2D eigenvalue weighted by atomic mass is 35.5. The summed E-state index contributed by atoms with van der Waals surface area (Å²) in [5, 5.41) is -0.756. The van der Waals surface area contributed by atoms with Gasteiger partial charge in [0, 0.05) is 12.4 Å². The topological polar surface area (TPSA) is 39.2 Å². The van der Waals surface area contributed by atoms with Gasteiger partial charge in [0.05, 0.1) is 6.61 Å². The quantitative estimate of drug-likeness (QED) is 0.552. The molecule has 0 bridgehead atoms. The van der Waals surface area contributed by atoms with Gasteiger partial charge in [-0.15, -0.1) is 11.6 Å². The maximum Gasteiger partial charge on any atom is 0.328 e. The maximum atomic E-state index is 11.2. The normalized spacial score (nSPS) is 12.2. The third kappa shape index (κ3) is 2.70. The molecular formula is C9H10ClNO2. The standard InChI is InChI=1S/C9H10ClNO2/c1-2-13-9(12)8(10)7-4-3-5-11-6-7/h3-6,8H,2H2,1H3. The van der Waals surface area contributed by atoms with Crippen molar-refractivity contribution in [2.24, 2.45) is 0 Å². The lowest BCUT2D eigenvalue weighted by molar-refractivity contribution is -0.142. The highest BCUT2D eigenvalue weighted by Gasteiger charge is 2.18. The first kappa shape index (κ1) is 9.99. The van der Waals surface area contributed by atoms with Gasteiger partial charge >= 0.3 is 5.97 Å². The molecule has 13 heavy (non-hydrogen) atoms. The van der Waals surface area contributed by atoms with Gasteiger partial charge in [0.2, 0.25) is 0 Å². The molecular weight excluding hydrogens is 190 g/mol. The van der Waals surface area contributed by atoms with Gasteiger partial charge in [-0.25, -0.2) is 0 Å². The maximum absolute atomic E-state index is 11.2. The first-order valence-electron chi connectivity index (χ1n) is 3.96. The second-order valence-corrected chi connectivity index (χ2v) is 2.84. The Morgan fingerprint density at radius 2 is 2.54 bits per heavy atom. The second kappa shape index (κ2) is 4.82. The van der Waals surface area contributed by atoms with Gasteiger partial charge in [-0.1, -0.05) is 6.07 Å². The summed E-state index contributed by atoms with van der Waals surface area (Å²) in [6.07, 6.45) is 3.17. The molecule has 0 aliphatic heterocycles. The van der Waals surface area contributed by atoms with Gasteiger partial charge < -0.3 is 4.74 Å². The van der Waals surface area contributed by atoms with E-state index in [-0.39, 0.29) is 0 Å². The van der Waals surface area contributed by atoms with E-state index in [1.807, 2.05) is 0 Å². The minimum absolute atomic E-state index is 0.336. The molecule has 1 aromatic rings. The Morgan fingerprint density at radius 3 is 3.08 bits per heavy atom. The van der Waals surface area contributed by atoms with Gasteiger partial charge in [0.1, 0.15) is 0 Å². The van der Waals surface area contributed by atoms with Crippen LogP contribution in [0.2, 0.25) is 0 Å². The molecule has 1 unspecified atom stereocenters. The molecule has 0 aliphatic rings. The van der Waals surface area contributed by atoms with Crippen LogP contribution < -0.4 is 0 Å². The number of halogens is 1. The van der Waals surface area contributed by atoms with Gasteiger partial charge in [0.25, 0.3) is 0 Å². The fraction of sp³-hybridized carbons (Fsp3) is 0.333. The zero-order chi connectivity index (χ0) is 9.68. The van der Waals surface area contributed by atoms with E-state index in [4.69, 9.17) is 16.3 Å². The van der Waals surface area contributed by atoms with Crippen LogP contribution in [0.25, 0.3) is 0 Å². The number of carbonyl (C=O) groups is 1. The molecule has 0 aliphatic carbocycles. The molecule has 0 amide bonds. The van der Waals surface area contributed by atoms with Crippen LogP contribution in [-0.2, 0) is 9.53 Å². The van der Waals surface area contributed by atoms with Crippen molar-refractivity contribution < 1.29 is 9.53 Å². The fourth-order valence-electron chi connectivity index (χ4n) is 0.877. The summed E-state index contributed by atoms with van der Waals surface area (Å²) in [6.45, 7) is 2.08. The minimum Gasteiger partial charge on any atom is -0.465 e. The number of pyridine rings is 1. The number of hydrogen-bond acceptors (Lipinski definition) is 3. The molecule has 0 fully saturated rings. The number of hydrogen-bond donors (Lipinski definition) is 0. The number of rotatable bonds is 3. The average Bonchev–Trinajstić information content (AvgIpc) is 2.18. The van der Waals surface area contributed by atoms with Crippen molar-refractivity contribution in [3.8, 4) is 0 Å². The van der Waals surface area contributed by atoms with Crippen LogP contribution in [0.15, 0.2) is 24.5 Å². The summed E-state index contributed by atoms with van der Waals surface area (Å²) in [6, 6.07) is 3.46. The SMILES string of the molecule is CCOC(=O)C(Cl)c1cccnc1. The van der Waals surface area contributed by atoms with E-state index in [2.05, 4.69) is 4.98 Å². The second-order valence-electron chi connectivity index (χ2n) is 2.40. The summed E-state index contributed by atoms with van der Waals surface area (Å²) in [4.78, 5) is 15.0. The van der Waals surface area contributed by atoms with E-state index in [1.165, 1.54) is 0 Å². The molecule has 1 atom stereocenters. The van der Waals surface area contributed by atoms with Crippen LogP contribution in [-0.4, -0.2) is 17.6 Å². The molecule has 0 aromatic carbocycles. The van der Waals surface area contributed by atoms with Crippen molar-refractivity contribution in [3.63, 3.8) is 0 Å². The van der Waals surface area contributed by atoms with Crippen molar-refractivity contribution >= 4 is 17.6 Å². The molecule has 0 radical (unpaired) electrons. The van der Waals surface area contributed by atoms with Gasteiger partial charge in [-0.3, -0.25) is 9.78 Å². The van der Waals surface area contributed by atoms with Crippen LogP contribution in [0.1, 0.15) is 17.9 Å². The zero-order valence-electron chi connectivity index (χ0n) is 7.24. The smallest absolute Gasteiger partial charge is 0.328 e. The van der Waals surface area contributed by atoms with Crippen LogP contribution in [0.5, 0.6) is 0 Å². The van der Waals surface area contributed by atoms with Crippen molar-refractivity contribution in [2.75, 3.05) is 6.61 Å². The van der Waals surface area contributed by atoms with Crippen LogP contribution in [0.3, 0.4) is 0 Å². The van der Waals surface area contributed by atoms with Crippen LogP contribution in [0, 0.1) is 0 Å². The number of nitrogens with zero attached hydrogens (tertiary/aromatic N) is 1. The monoisotopic (exact) mass is 199 g/mol. The summed E-state index contributed by atoms with van der Waals surface area (Å²) >= 11 is 5.82. The number of alkyl halides is 1. The molecule has 3 nitrogen and oxygen atoms in total. The summed E-state index contributed by atoms with van der Waals surface area (Å²) in [5.41, 5.74) is 0.655. The predicted octanol–water partition coefficient (Wildman–Crippen LogP) is 1.92. The Kier molecular flexibility index (Phi) is 3.71. The third-order valence-corrected chi connectivity index (χ3v) is 1.90. The minimum atomic E-state index is -0.756. The number of carbonyl (C=O) groups excluding carboxylic acids is 1. The molecule has 1 heterocycles. The molecule has 0 spiro atoms. The van der Waals surface area contributed by atoms with Crippen molar-refractivity contribution in [2.45, 2.75) is 12.3 Å². The van der Waals surface area contributed by atoms with E-state index in [0.717, 1.165) is 0 Å². The molecule has 0 saturated carbocycles. The van der Waals surface area contributed by atoms with E-state index >= 15 is 0 Å². The molecule has 1 aromatic heterocycles. The molecule has 4 heteroatoms. The largest absolute Gasteiger partial charge is 0.465 e. The van der Waals surface area contributed by atoms with E-state index in [9.17, 15) is 4.79 Å². The van der Waals surface area contributed by atoms with Crippen LogP contribution in [0.4, 0.5) is 0 Å². The predicted molar refractivity (Wildman–Crippen MR) is 49.5 cm³/mol. The zero-order valence-corrected chi connectivity index (χ0v) is 7.99. The molecule has 70 valence electrons. The summed E-state index contributed by atoms with van der Waals surface area (Å²) < 4.78 is 4.76. The van der Waals surface area contributed by atoms with Gasteiger partial charge in [0.15, 0.2) is 5.38 Å². The number of aromatic nitrogens is 1. The van der Waals surface area contributed by atoms with Crippen molar-refractivity contribution in [1.82, 2.24) is 4.98 Å². The lowest BCUT2D eigenvalue weighted by atomic mass is 10.2. The van der Waals surface area contributed by atoms with Gasteiger partial charge in [-0.05, 0) is 18.6 Å². The first-order valence-corrected chi connectivity index (χ1v) is 4.40. The van der Waals surface area contributed by atoms with Crippen molar-refractivity contribution in [3.05, 3.63) is 30.1 Å². The number of ether oxygens (including phenoxy) is 1. The Labute approximate surface area is 81.7 Å². The molecule has 0 N–H and O–H groups in total. The van der Waals surface area contributed by atoms with E-state index < -0.39 is 11.3 Å². The summed E-state index contributed by atoms with van der Waals surface area (Å²) in [5.74, 6) is -0.433. The Hall–Kier alpha value is -1.09. The van der Waals surface area contributed by atoms with Gasteiger partial charge in [-0.2, -0.15) is 0 Å². The summed E-state index contributed by atoms with van der Waals surface area (Å²) in [7, 11) is 0. The lowest BCUT2D eigenvalue weighted by Crippen LogP contribution is -2.11. The van der Waals surface area contributed by atoms with Crippen LogP contribution >= 0.6 is 11.6 Å². The number of esters is 1. The molecule has 0 saturated heterocycles. The van der Waals surface area contributed by atoms with Crippen molar-refractivity contribution in [1.29, 1.82) is 0 Å². The fourth-order valence-corrected chi connectivity index (χ4v) is 1.07. The van der Waals surface area contributed by atoms with E-state index in [0.29, 0.717) is 12.2 Å². The molecule has 1 rings (SSSR count). The lowest BCUT2D eigenvalue weighted by Gasteiger charge is -2.07. The highest BCUT2D eigenvalue weighted by molar-refractivity contribution is 6.29. The Morgan fingerprint density at radius 1 is 1.77 bits per heavy atom. The highest BCUT2D eigenvalue weighted by Crippen LogP contribution is 2.20. The van der Waals surface area contributed by atoms with E-state index in [1.54, 1.807) is 31.5 Å². The first-order chi connectivity index (χ1) is 6.25. The third-order valence-electron chi connectivity index (χ3n) is 1.47.